The van der Waals surface area contributed by atoms with Gasteiger partial charge in [-0.1, -0.05) is 37.1 Å². The molecule has 3 aliphatic rings. The Morgan fingerprint density at radius 2 is 1.77 bits per heavy atom. The van der Waals surface area contributed by atoms with Gasteiger partial charge in [-0.2, -0.15) is 0 Å². The monoisotopic (exact) mass is 421 g/mol. The minimum Gasteiger partial charge on any atom is -0.391 e. The van der Waals surface area contributed by atoms with Crippen LogP contribution >= 0.6 is 0 Å². The lowest BCUT2D eigenvalue weighted by atomic mass is 9.91. The lowest BCUT2D eigenvalue weighted by Gasteiger charge is -2.35. The minimum absolute atomic E-state index is 0.0642. The molecule has 0 bridgehead atoms. The average Bonchev–Trinajstić information content (AvgIpc) is 3.11. The van der Waals surface area contributed by atoms with Gasteiger partial charge in [-0.15, -0.1) is 0 Å². The predicted molar refractivity (Wildman–Crippen MR) is 120 cm³/mol. The number of aliphatic hydroxyl groups is 1. The maximum absolute atomic E-state index is 13.4. The summed E-state index contributed by atoms with van der Waals surface area (Å²) < 4.78 is 0. The molecular formula is C25H31N3O3. The summed E-state index contributed by atoms with van der Waals surface area (Å²) in [5.74, 6) is 0.201. The van der Waals surface area contributed by atoms with Crippen molar-refractivity contribution < 1.29 is 14.7 Å². The Bertz CT molecular complexity index is 1010. The fraction of sp³-hybridized carbons (Fsp3) is 0.520. The summed E-state index contributed by atoms with van der Waals surface area (Å²) >= 11 is 0. The largest absolute Gasteiger partial charge is 0.391 e. The first kappa shape index (κ1) is 20.5. The van der Waals surface area contributed by atoms with Gasteiger partial charge in [0.25, 0.3) is 5.91 Å². The van der Waals surface area contributed by atoms with Crippen molar-refractivity contribution in [3.05, 3.63) is 47.0 Å². The standard InChI is InChI=1S/C25H31N3O3/c1-17(29)27-12-10-26(11-13-27)15-18-14-21-22(20-7-3-2-6-19(18)20)16-28(25(21)31)23-8-4-5-9-24(23)30/h2-3,6-7,14,23-24,30H,4-5,8-13,15-16H2,1H3. The topological polar surface area (TPSA) is 64.1 Å². The van der Waals surface area contributed by atoms with Crippen molar-refractivity contribution in [2.45, 2.75) is 57.8 Å². The van der Waals surface area contributed by atoms with E-state index in [-0.39, 0.29) is 17.9 Å². The molecule has 1 saturated carbocycles. The number of rotatable bonds is 3. The molecule has 5 rings (SSSR count). The van der Waals surface area contributed by atoms with Gasteiger partial charge < -0.3 is 14.9 Å². The van der Waals surface area contributed by atoms with Crippen molar-refractivity contribution in [2.24, 2.45) is 0 Å². The van der Waals surface area contributed by atoms with Gasteiger partial charge in [0.1, 0.15) is 0 Å². The second-order valence-electron chi connectivity index (χ2n) is 9.24. The first-order valence-electron chi connectivity index (χ1n) is 11.5. The molecule has 2 fully saturated rings. The summed E-state index contributed by atoms with van der Waals surface area (Å²) in [5, 5.41) is 12.9. The Balaban J connectivity index is 1.44. The molecule has 2 unspecified atom stereocenters. The van der Waals surface area contributed by atoms with E-state index >= 15 is 0 Å². The SMILES string of the molecule is CC(=O)N1CCN(Cc2cc3c(c4ccccc24)CN(C2CCCCC2O)C3=O)CC1. The molecule has 6 nitrogen and oxygen atoms in total. The number of hydrogen-bond acceptors (Lipinski definition) is 4. The van der Waals surface area contributed by atoms with Gasteiger partial charge in [-0.3, -0.25) is 14.5 Å². The summed E-state index contributed by atoms with van der Waals surface area (Å²) in [6.07, 6.45) is 3.35. The highest BCUT2D eigenvalue weighted by Crippen LogP contribution is 2.37. The number of benzene rings is 2. The van der Waals surface area contributed by atoms with Gasteiger partial charge in [0.2, 0.25) is 5.91 Å². The predicted octanol–water partition coefficient (Wildman–Crippen LogP) is 2.76. The minimum atomic E-state index is -0.421. The number of piperazine rings is 1. The number of nitrogens with zero attached hydrogens (tertiary/aromatic N) is 3. The smallest absolute Gasteiger partial charge is 0.254 e. The Morgan fingerprint density at radius 1 is 1.06 bits per heavy atom. The van der Waals surface area contributed by atoms with Crippen molar-refractivity contribution in [1.82, 2.24) is 14.7 Å². The summed E-state index contributed by atoms with van der Waals surface area (Å²) in [7, 11) is 0. The Kier molecular flexibility index (Phi) is 5.44. The number of carbonyl (C=O) groups excluding carboxylic acids is 2. The molecule has 1 saturated heterocycles. The van der Waals surface area contributed by atoms with Crippen molar-refractivity contribution in [2.75, 3.05) is 26.2 Å². The fourth-order valence-electron chi connectivity index (χ4n) is 5.58. The van der Waals surface area contributed by atoms with Gasteiger partial charge >= 0.3 is 0 Å². The second-order valence-corrected chi connectivity index (χ2v) is 9.24. The van der Waals surface area contributed by atoms with Crippen LogP contribution < -0.4 is 0 Å². The zero-order valence-corrected chi connectivity index (χ0v) is 18.2. The first-order chi connectivity index (χ1) is 15.0. The maximum Gasteiger partial charge on any atom is 0.254 e. The molecule has 2 aromatic carbocycles. The molecule has 0 spiro atoms. The van der Waals surface area contributed by atoms with Crippen molar-refractivity contribution >= 4 is 22.6 Å². The number of hydrogen-bond donors (Lipinski definition) is 1. The highest BCUT2D eigenvalue weighted by molar-refractivity contribution is 6.05. The van der Waals surface area contributed by atoms with Gasteiger partial charge in [0.15, 0.2) is 0 Å². The Morgan fingerprint density at radius 3 is 2.48 bits per heavy atom. The lowest BCUT2D eigenvalue weighted by molar-refractivity contribution is -0.130. The quantitative estimate of drug-likeness (QED) is 0.828. The summed E-state index contributed by atoms with van der Waals surface area (Å²) in [5.41, 5.74) is 3.07. The second kappa shape index (κ2) is 8.24. The van der Waals surface area contributed by atoms with E-state index in [0.717, 1.165) is 74.9 Å². The van der Waals surface area contributed by atoms with Crippen LogP contribution in [0, 0.1) is 0 Å². The third-order valence-corrected chi connectivity index (χ3v) is 7.37. The Labute approximate surface area is 183 Å². The molecule has 2 atom stereocenters. The van der Waals surface area contributed by atoms with Gasteiger partial charge in [0.05, 0.1) is 12.1 Å². The van der Waals surface area contributed by atoms with E-state index in [1.807, 2.05) is 15.9 Å². The van der Waals surface area contributed by atoms with E-state index in [2.05, 4.69) is 29.2 Å². The molecule has 0 radical (unpaired) electrons. The van der Waals surface area contributed by atoms with Crippen LogP contribution in [-0.2, 0) is 17.9 Å². The zero-order valence-electron chi connectivity index (χ0n) is 18.2. The number of fused-ring (bicyclic) bond motifs is 3. The van der Waals surface area contributed by atoms with E-state index in [9.17, 15) is 14.7 Å². The molecule has 2 aliphatic heterocycles. The molecule has 2 heterocycles. The third-order valence-electron chi connectivity index (χ3n) is 7.37. The zero-order chi connectivity index (χ0) is 21.5. The maximum atomic E-state index is 13.4. The number of amides is 2. The van der Waals surface area contributed by atoms with E-state index in [1.54, 1.807) is 6.92 Å². The van der Waals surface area contributed by atoms with Crippen molar-refractivity contribution in [3.63, 3.8) is 0 Å². The highest BCUT2D eigenvalue weighted by atomic mass is 16.3. The summed E-state index contributed by atoms with van der Waals surface area (Å²) in [6, 6.07) is 10.4. The molecule has 164 valence electrons. The van der Waals surface area contributed by atoms with Crippen LogP contribution in [0.15, 0.2) is 30.3 Å². The van der Waals surface area contributed by atoms with E-state index in [4.69, 9.17) is 0 Å². The molecule has 1 N–H and O–H groups in total. The van der Waals surface area contributed by atoms with E-state index in [1.165, 1.54) is 10.9 Å². The molecule has 0 aromatic heterocycles. The van der Waals surface area contributed by atoms with Crippen LogP contribution in [0.3, 0.4) is 0 Å². The van der Waals surface area contributed by atoms with Crippen LogP contribution in [-0.4, -0.2) is 69.9 Å². The molecular weight excluding hydrogens is 390 g/mol. The molecule has 1 aliphatic carbocycles. The Hall–Kier alpha value is -2.44. The summed E-state index contributed by atoms with van der Waals surface area (Å²) in [4.78, 5) is 31.2. The number of carbonyl (C=O) groups is 2. The fourth-order valence-corrected chi connectivity index (χ4v) is 5.58. The normalized spacial score (nSPS) is 24.6. The van der Waals surface area contributed by atoms with Crippen LogP contribution in [0.5, 0.6) is 0 Å². The van der Waals surface area contributed by atoms with Gasteiger partial charge in [-0.25, -0.2) is 0 Å². The first-order valence-corrected chi connectivity index (χ1v) is 11.5. The van der Waals surface area contributed by atoms with Crippen molar-refractivity contribution in [3.8, 4) is 0 Å². The van der Waals surface area contributed by atoms with Gasteiger partial charge in [-0.05, 0) is 40.8 Å². The van der Waals surface area contributed by atoms with Crippen LogP contribution in [0.1, 0.15) is 54.1 Å². The van der Waals surface area contributed by atoms with E-state index < -0.39 is 6.10 Å². The van der Waals surface area contributed by atoms with E-state index in [0.29, 0.717) is 6.54 Å². The van der Waals surface area contributed by atoms with Gasteiger partial charge in [0, 0.05) is 51.8 Å². The highest BCUT2D eigenvalue weighted by Gasteiger charge is 2.38. The van der Waals surface area contributed by atoms with Crippen LogP contribution in [0.2, 0.25) is 0 Å². The molecule has 6 heteroatoms. The third kappa shape index (κ3) is 3.72. The van der Waals surface area contributed by atoms with Crippen LogP contribution in [0.4, 0.5) is 0 Å². The van der Waals surface area contributed by atoms with Crippen LogP contribution in [0.25, 0.3) is 10.8 Å². The van der Waals surface area contributed by atoms with Crippen molar-refractivity contribution in [1.29, 1.82) is 0 Å². The average molecular weight is 422 g/mol. The summed E-state index contributed by atoms with van der Waals surface area (Å²) in [6.45, 7) is 6.20. The lowest BCUT2D eigenvalue weighted by Crippen LogP contribution is -2.47. The molecule has 2 aromatic rings. The number of aliphatic hydroxyl groups excluding tert-OH is 1. The molecule has 31 heavy (non-hydrogen) atoms. The molecule has 2 amide bonds.